The average Bonchev–Trinajstić information content (AvgIpc) is 2.74. The zero-order valence-electron chi connectivity index (χ0n) is 12.8. The van der Waals surface area contributed by atoms with Gasteiger partial charge in [-0.05, 0) is 54.5 Å². The highest BCUT2D eigenvalue weighted by Gasteiger charge is 2.47. The summed E-state index contributed by atoms with van der Waals surface area (Å²) in [7, 11) is 0. The molecule has 1 N–H and O–H groups in total. The molecule has 0 unspecified atom stereocenters. The van der Waals surface area contributed by atoms with Crippen LogP contribution in [-0.4, -0.2) is 22.2 Å². The molecule has 1 fully saturated rings. The minimum atomic E-state index is -0.940. The predicted octanol–water partition coefficient (Wildman–Crippen LogP) is 3.73. The van der Waals surface area contributed by atoms with Crippen molar-refractivity contribution in [2.75, 3.05) is 0 Å². The van der Waals surface area contributed by atoms with Crippen LogP contribution in [0.25, 0.3) is 0 Å². The second-order valence-corrected chi connectivity index (χ2v) is 8.79. The van der Waals surface area contributed by atoms with Gasteiger partial charge in [-0.25, -0.2) is 4.98 Å². The summed E-state index contributed by atoms with van der Waals surface area (Å²) < 4.78 is 6.28. The quantitative estimate of drug-likeness (QED) is 0.817. The van der Waals surface area contributed by atoms with Gasteiger partial charge in [0.2, 0.25) is 0 Å². The smallest absolute Gasteiger partial charge is 0.309 e. The van der Waals surface area contributed by atoms with E-state index in [0.717, 1.165) is 8.79 Å². The molecule has 4 nitrogen and oxygen atoms in total. The van der Waals surface area contributed by atoms with E-state index in [-0.39, 0.29) is 29.8 Å². The number of halogens is 1. The first-order chi connectivity index (χ1) is 9.73. The Morgan fingerprint density at radius 3 is 2.48 bits per heavy atom. The van der Waals surface area contributed by atoms with Gasteiger partial charge in [-0.1, -0.05) is 13.8 Å². The molecule has 2 rings (SSSR count). The molecule has 4 atom stereocenters. The zero-order valence-corrected chi connectivity index (χ0v) is 15.2. The minimum Gasteiger partial charge on any atom is -0.463 e. The first-order valence-corrected chi connectivity index (χ1v) is 8.88. The molecule has 1 aromatic rings. The van der Waals surface area contributed by atoms with Gasteiger partial charge in [-0.2, -0.15) is 0 Å². The Hall–Kier alpha value is -0.460. The van der Waals surface area contributed by atoms with E-state index in [1.54, 1.807) is 6.20 Å². The second kappa shape index (κ2) is 6.34. The molecular formula is C15H22BrNO3S. The van der Waals surface area contributed by atoms with Crippen LogP contribution >= 0.6 is 27.3 Å². The molecule has 1 aliphatic rings. The van der Waals surface area contributed by atoms with Crippen molar-refractivity contribution in [3.8, 4) is 0 Å². The van der Waals surface area contributed by atoms with Crippen LogP contribution in [0.5, 0.6) is 0 Å². The van der Waals surface area contributed by atoms with Crippen LogP contribution in [0.15, 0.2) is 9.98 Å². The van der Waals surface area contributed by atoms with Gasteiger partial charge in [0.05, 0.1) is 22.0 Å². The average molecular weight is 376 g/mol. The molecule has 0 aromatic carbocycles. The summed E-state index contributed by atoms with van der Waals surface area (Å²) in [4.78, 5) is 16.6. The fraction of sp³-hybridized carbons (Fsp3) is 0.733. The van der Waals surface area contributed by atoms with Gasteiger partial charge < -0.3 is 9.84 Å². The molecule has 0 bridgehead atoms. The van der Waals surface area contributed by atoms with Gasteiger partial charge in [-0.15, -0.1) is 11.3 Å². The molecule has 0 saturated heterocycles. The van der Waals surface area contributed by atoms with Crippen molar-refractivity contribution < 1.29 is 14.6 Å². The highest BCUT2D eigenvalue weighted by molar-refractivity contribution is 9.11. The van der Waals surface area contributed by atoms with Crippen LogP contribution in [0.4, 0.5) is 0 Å². The van der Waals surface area contributed by atoms with E-state index < -0.39 is 5.60 Å². The Kier molecular flexibility index (Phi) is 5.11. The number of hydrogen-bond donors (Lipinski definition) is 1. The van der Waals surface area contributed by atoms with E-state index in [1.807, 2.05) is 27.7 Å². The second-order valence-electron chi connectivity index (χ2n) is 6.38. The summed E-state index contributed by atoms with van der Waals surface area (Å²) in [6.45, 7) is 7.74. The Bertz CT molecular complexity index is 505. The first-order valence-electron chi connectivity index (χ1n) is 7.27. The van der Waals surface area contributed by atoms with Crippen molar-refractivity contribution in [1.29, 1.82) is 0 Å². The van der Waals surface area contributed by atoms with Crippen LogP contribution < -0.4 is 0 Å². The van der Waals surface area contributed by atoms with Crippen molar-refractivity contribution in [2.24, 2.45) is 17.8 Å². The highest BCUT2D eigenvalue weighted by atomic mass is 79.9. The molecule has 1 saturated carbocycles. The lowest BCUT2D eigenvalue weighted by molar-refractivity contribution is -0.163. The number of esters is 1. The Morgan fingerprint density at radius 2 is 2.05 bits per heavy atom. The van der Waals surface area contributed by atoms with Gasteiger partial charge >= 0.3 is 5.97 Å². The lowest BCUT2D eigenvalue weighted by Crippen LogP contribution is -2.44. The van der Waals surface area contributed by atoms with Crippen LogP contribution in [0, 0.1) is 17.8 Å². The van der Waals surface area contributed by atoms with Crippen molar-refractivity contribution in [3.05, 3.63) is 15.0 Å². The normalized spacial score (nSPS) is 33.2. The van der Waals surface area contributed by atoms with E-state index in [1.165, 1.54) is 11.3 Å². The molecular weight excluding hydrogens is 354 g/mol. The molecule has 1 aromatic heterocycles. The van der Waals surface area contributed by atoms with Gasteiger partial charge in [-0.3, -0.25) is 4.79 Å². The Labute approximate surface area is 138 Å². The number of carbonyl (C=O) groups excluding carboxylic acids is 1. The zero-order chi connectivity index (χ0) is 15.8. The molecule has 0 aliphatic heterocycles. The molecule has 6 heteroatoms. The van der Waals surface area contributed by atoms with Crippen molar-refractivity contribution in [1.82, 2.24) is 4.98 Å². The summed E-state index contributed by atoms with van der Waals surface area (Å²) in [6, 6.07) is 0. The van der Waals surface area contributed by atoms with Crippen LogP contribution in [0.1, 0.15) is 45.5 Å². The standard InChI is InChI=1S/C15H22BrNO3S/c1-8(2)20-13(18)12-9(3)5-15(19,6-10(12)4)14-17-7-11(16)21-14/h7-10,12,19H,5-6H2,1-4H3/t9-,10+,12-,15+. The minimum absolute atomic E-state index is 0.0627. The van der Waals surface area contributed by atoms with Gasteiger partial charge in [0.25, 0.3) is 0 Å². The number of aliphatic hydroxyl groups is 1. The van der Waals surface area contributed by atoms with Crippen LogP contribution in [-0.2, 0) is 15.1 Å². The van der Waals surface area contributed by atoms with E-state index in [9.17, 15) is 9.90 Å². The number of nitrogens with zero attached hydrogens (tertiary/aromatic N) is 1. The summed E-state index contributed by atoms with van der Waals surface area (Å²) in [5.41, 5.74) is -0.940. The third-order valence-electron chi connectivity index (χ3n) is 4.05. The number of rotatable bonds is 3. The molecule has 1 aliphatic carbocycles. The van der Waals surface area contributed by atoms with E-state index in [0.29, 0.717) is 12.8 Å². The largest absolute Gasteiger partial charge is 0.463 e. The molecule has 118 valence electrons. The number of ether oxygens (including phenoxy) is 1. The maximum atomic E-state index is 12.3. The van der Waals surface area contributed by atoms with E-state index in [4.69, 9.17) is 4.74 Å². The highest BCUT2D eigenvalue weighted by Crippen LogP contribution is 2.47. The molecule has 21 heavy (non-hydrogen) atoms. The predicted molar refractivity (Wildman–Crippen MR) is 86.0 cm³/mol. The molecule has 0 amide bonds. The maximum absolute atomic E-state index is 12.3. The van der Waals surface area contributed by atoms with Crippen LogP contribution in [0.3, 0.4) is 0 Å². The lowest BCUT2D eigenvalue weighted by Gasteiger charge is -2.42. The van der Waals surface area contributed by atoms with Crippen molar-refractivity contribution >= 4 is 33.2 Å². The summed E-state index contributed by atoms with van der Waals surface area (Å²) in [5.74, 6) is -0.177. The molecule has 0 spiro atoms. The molecule has 0 radical (unpaired) electrons. The number of thiazole rings is 1. The topological polar surface area (TPSA) is 59.4 Å². The summed E-state index contributed by atoms with van der Waals surface area (Å²) in [6.07, 6.45) is 2.68. The summed E-state index contributed by atoms with van der Waals surface area (Å²) >= 11 is 4.84. The van der Waals surface area contributed by atoms with Gasteiger partial charge in [0, 0.05) is 0 Å². The monoisotopic (exact) mass is 375 g/mol. The number of aromatic nitrogens is 1. The maximum Gasteiger partial charge on any atom is 0.309 e. The van der Waals surface area contributed by atoms with E-state index in [2.05, 4.69) is 20.9 Å². The number of hydrogen-bond acceptors (Lipinski definition) is 5. The van der Waals surface area contributed by atoms with Crippen molar-refractivity contribution in [2.45, 2.75) is 52.2 Å². The Morgan fingerprint density at radius 1 is 1.48 bits per heavy atom. The number of carbonyl (C=O) groups is 1. The van der Waals surface area contributed by atoms with Gasteiger partial charge in [0.15, 0.2) is 0 Å². The third-order valence-corrected chi connectivity index (χ3v) is 5.71. The molecule has 1 heterocycles. The fourth-order valence-corrected chi connectivity index (χ4v) is 4.70. The third kappa shape index (κ3) is 3.66. The Balaban J connectivity index is 2.16. The fourth-order valence-electron chi connectivity index (χ4n) is 3.38. The van der Waals surface area contributed by atoms with Gasteiger partial charge in [0.1, 0.15) is 10.6 Å². The lowest BCUT2D eigenvalue weighted by atomic mass is 9.67. The van der Waals surface area contributed by atoms with Crippen LogP contribution in [0.2, 0.25) is 0 Å². The SMILES string of the molecule is CC(C)OC(=O)[C@@H]1[C@H](C)C[C@@](O)(c2ncc(Br)s2)C[C@@H]1C. The summed E-state index contributed by atoms with van der Waals surface area (Å²) in [5, 5.41) is 11.7. The first kappa shape index (κ1) is 16.9. The van der Waals surface area contributed by atoms with Crippen molar-refractivity contribution in [3.63, 3.8) is 0 Å². The van der Waals surface area contributed by atoms with E-state index >= 15 is 0 Å².